The highest BCUT2D eigenvalue weighted by Gasteiger charge is 2.21. The Morgan fingerprint density at radius 2 is 1.57 bits per heavy atom. The number of ether oxygens (including phenoxy) is 2. The quantitative estimate of drug-likeness (QED) is 0.178. The standard InChI is InChI=1S/C19H31N2O7PS/c1-6-25-29(30,26-7-2)28-18-10-8-17(9-11-18)16(3)20-27-19(22)21(12-14-23-4)13-15-24-5/h8-11H,6-7,12-15H2,1-5H3/b20-16-. The van der Waals surface area contributed by atoms with Crippen LogP contribution in [0.4, 0.5) is 4.79 Å². The molecule has 0 aliphatic carbocycles. The molecule has 30 heavy (non-hydrogen) atoms. The number of hydrogen-bond acceptors (Lipinski definition) is 9. The molecule has 1 aromatic rings. The van der Waals surface area contributed by atoms with Gasteiger partial charge in [0.15, 0.2) is 0 Å². The second kappa shape index (κ2) is 14.5. The molecule has 11 heteroatoms. The van der Waals surface area contributed by atoms with Crippen LogP contribution in [-0.2, 0) is 35.2 Å². The van der Waals surface area contributed by atoms with Gasteiger partial charge in [-0.1, -0.05) is 5.16 Å². The summed E-state index contributed by atoms with van der Waals surface area (Å²) in [6.45, 7) is 4.91. The van der Waals surface area contributed by atoms with Gasteiger partial charge in [-0.2, -0.15) is 0 Å². The first-order chi connectivity index (χ1) is 14.4. The van der Waals surface area contributed by atoms with Crippen molar-refractivity contribution in [2.45, 2.75) is 20.8 Å². The zero-order valence-corrected chi connectivity index (χ0v) is 19.9. The fraction of sp³-hybridized carbons (Fsp3) is 0.579. The molecule has 0 atom stereocenters. The number of rotatable bonds is 14. The Kier molecular flexibility index (Phi) is 12.8. The third kappa shape index (κ3) is 9.51. The Hall–Kier alpha value is -1.55. The van der Waals surface area contributed by atoms with Crippen LogP contribution < -0.4 is 4.52 Å². The first kappa shape index (κ1) is 26.5. The molecular formula is C19H31N2O7PS. The number of oxime groups is 1. The van der Waals surface area contributed by atoms with Crippen molar-refractivity contribution in [1.29, 1.82) is 0 Å². The van der Waals surface area contributed by atoms with Crippen molar-refractivity contribution in [1.82, 2.24) is 4.90 Å². The number of benzene rings is 1. The summed E-state index contributed by atoms with van der Waals surface area (Å²) in [6, 6.07) is 7.04. The Bertz CT molecular complexity index is 697. The van der Waals surface area contributed by atoms with Gasteiger partial charge in [0.2, 0.25) is 0 Å². The lowest BCUT2D eigenvalue weighted by Crippen LogP contribution is -2.36. The Balaban J connectivity index is 2.76. The van der Waals surface area contributed by atoms with Crippen LogP contribution in [-0.4, -0.2) is 70.4 Å². The lowest BCUT2D eigenvalue weighted by Gasteiger charge is -2.21. The van der Waals surface area contributed by atoms with E-state index in [2.05, 4.69) is 5.16 Å². The number of carbonyl (C=O) groups excluding carboxylic acids is 1. The fourth-order valence-electron chi connectivity index (χ4n) is 2.21. The van der Waals surface area contributed by atoms with E-state index < -0.39 is 12.8 Å². The van der Waals surface area contributed by atoms with Crippen LogP contribution in [0.5, 0.6) is 5.75 Å². The molecule has 0 aromatic heterocycles. The second-order valence-corrected chi connectivity index (χ2v) is 8.84. The number of hydrogen-bond donors (Lipinski definition) is 0. The largest absolute Gasteiger partial charge is 0.436 e. The average molecular weight is 463 g/mol. The summed E-state index contributed by atoms with van der Waals surface area (Å²) in [5.41, 5.74) is 1.29. The predicted molar refractivity (Wildman–Crippen MR) is 119 cm³/mol. The number of nitrogens with zero attached hydrogens (tertiary/aromatic N) is 2. The lowest BCUT2D eigenvalue weighted by molar-refractivity contribution is 0.0753. The first-order valence-corrected chi connectivity index (χ1v) is 12.1. The van der Waals surface area contributed by atoms with Crippen LogP contribution in [0, 0.1) is 0 Å². The molecular weight excluding hydrogens is 431 g/mol. The lowest BCUT2D eigenvalue weighted by atomic mass is 10.1. The first-order valence-electron chi connectivity index (χ1n) is 9.56. The van der Waals surface area contributed by atoms with E-state index in [1.807, 2.05) is 13.8 Å². The molecule has 0 unspecified atom stereocenters. The van der Waals surface area contributed by atoms with Crippen LogP contribution in [0.15, 0.2) is 29.4 Å². The molecule has 0 aliphatic rings. The van der Waals surface area contributed by atoms with Gasteiger partial charge >= 0.3 is 12.8 Å². The van der Waals surface area contributed by atoms with Crippen LogP contribution in [0.2, 0.25) is 0 Å². The molecule has 0 heterocycles. The third-order valence-electron chi connectivity index (χ3n) is 3.71. The fourth-order valence-corrected chi connectivity index (χ4v) is 4.29. The van der Waals surface area contributed by atoms with E-state index in [0.29, 0.717) is 51.0 Å². The van der Waals surface area contributed by atoms with Crippen LogP contribution in [0.3, 0.4) is 0 Å². The minimum Gasteiger partial charge on any atom is -0.424 e. The highest BCUT2D eigenvalue weighted by atomic mass is 32.5. The molecule has 1 aromatic carbocycles. The zero-order chi connectivity index (χ0) is 22.4. The van der Waals surface area contributed by atoms with Crippen molar-refractivity contribution in [3.8, 4) is 5.75 Å². The molecule has 0 fully saturated rings. The summed E-state index contributed by atoms with van der Waals surface area (Å²) in [5, 5.41) is 3.93. The summed E-state index contributed by atoms with van der Waals surface area (Å²) in [4.78, 5) is 18.8. The van der Waals surface area contributed by atoms with Crippen molar-refractivity contribution in [3.63, 3.8) is 0 Å². The van der Waals surface area contributed by atoms with Gasteiger partial charge in [-0.15, -0.1) is 0 Å². The third-order valence-corrected chi connectivity index (χ3v) is 6.15. The molecule has 170 valence electrons. The van der Waals surface area contributed by atoms with E-state index in [0.717, 1.165) is 5.56 Å². The maximum atomic E-state index is 12.3. The Morgan fingerprint density at radius 1 is 1.03 bits per heavy atom. The van der Waals surface area contributed by atoms with Gasteiger partial charge < -0.3 is 18.9 Å². The Labute approximate surface area is 183 Å². The molecule has 0 saturated heterocycles. The molecule has 0 radical (unpaired) electrons. The van der Waals surface area contributed by atoms with E-state index >= 15 is 0 Å². The van der Waals surface area contributed by atoms with E-state index in [4.69, 9.17) is 39.7 Å². The summed E-state index contributed by atoms with van der Waals surface area (Å²) < 4.78 is 26.7. The molecule has 9 nitrogen and oxygen atoms in total. The van der Waals surface area contributed by atoms with Crippen molar-refractivity contribution >= 4 is 30.3 Å². The SMILES string of the molecule is CCOP(=S)(OCC)Oc1ccc(/C(C)=N\OC(=O)N(CCOC)CCOC)cc1. The molecule has 1 rings (SSSR count). The number of methoxy groups -OCH3 is 2. The Morgan fingerprint density at radius 3 is 2.03 bits per heavy atom. The number of carbonyl (C=O) groups is 1. The van der Waals surface area contributed by atoms with Crippen LogP contribution >= 0.6 is 6.72 Å². The van der Waals surface area contributed by atoms with Crippen LogP contribution in [0.25, 0.3) is 0 Å². The summed E-state index contributed by atoms with van der Waals surface area (Å²) in [6.07, 6.45) is -0.572. The van der Waals surface area contributed by atoms with Gasteiger partial charge in [-0.05, 0) is 50.6 Å². The summed E-state index contributed by atoms with van der Waals surface area (Å²) in [7, 11) is 3.13. The minimum atomic E-state index is -2.83. The van der Waals surface area contributed by atoms with E-state index in [1.165, 1.54) is 4.90 Å². The second-order valence-electron chi connectivity index (χ2n) is 5.90. The van der Waals surface area contributed by atoms with E-state index in [9.17, 15) is 4.79 Å². The van der Waals surface area contributed by atoms with Gasteiger partial charge in [0.05, 0.1) is 32.1 Å². The van der Waals surface area contributed by atoms with Gasteiger partial charge in [0.25, 0.3) is 0 Å². The summed E-state index contributed by atoms with van der Waals surface area (Å²) >= 11 is 5.36. The zero-order valence-electron chi connectivity index (χ0n) is 18.2. The van der Waals surface area contributed by atoms with E-state index in [-0.39, 0.29) is 0 Å². The normalized spacial score (nSPS) is 12.0. The maximum Gasteiger partial charge on any atom is 0.436 e. The smallest absolute Gasteiger partial charge is 0.424 e. The highest BCUT2D eigenvalue weighted by Crippen LogP contribution is 2.49. The molecule has 0 aliphatic heterocycles. The van der Waals surface area contributed by atoms with Gasteiger partial charge in [-0.25, -0.2) is 4.79 Å². The van der Waals surface area contributed by atoms with Gasteiger partial charge in [0.1, 0.15) is 5.75 Å². The molecule has 1 amide bonds. The van der Waals surface area contributed by atoms with Crippen molar-refractivity contribution in [3.05, 3.63) is 29.8 Å². The van der Waals surface area contributed by atoms with Crippen LogP contribution in [0.1, 0.15) is 26.3 Å². The van der Waals surface area contributed by atoms with Crippen molar-refractivity contribution in [2.24, 2.45) is 5.16 Å². The molecule has 0 saturated carbocycles. The molecule has 0 spiro atoms. The van der Waals surface area contributed by atoms with Gasteiger partial charge in [-0.3, -0.25) is 13.9 Å². The topological polar surface area (TPSA) is 88.0 Å². The van der Waals surface area contributed by atoms with Gasteiger partial charge in [0, 0.05) is 39.1 Å². The predicted octanol–water partition coefficient (Wildman–Crippen LogP) is 3.82. The maximum absolute atomic E-state index is 12.3. The highest BCUT2D eigenvalue weighted by molar-refractivity contribution is 8.07. The van der Waals surface area contributed by atoms with Crippen molar-refractivity contribution in [2.75, 3.05) is 53.7 Å². The molecule has 0 N–H and O–H groups in total. The minimum absolute atomic E-state index is 0.380. The number of amides is 1. The average Bonchev–Trinajstić information content (AvgIpc) is 2.72. The summed E-state index contributed by atoms with van der Waals surface area (Å²) in [5.74, 6) is 0.527. The van der Waals surface area contributed by atoms with Crippen molar-refractivity contribution < 1.29 is 32.7 Å². The van der Waals surface area contributed by atoms with E-state index in [1.54, 1.807) is 45.4 Å². The molecule has 0 bridgehead atoms. The monoisotopic (exact) mass is 462 g/mol.